The van der Waals surface area contributed by atoms with Gasteiger partial charge in [0.05, 0.1) is 6.10 Å². The minimum atomic E-state index is -1.25. The number of fused-ring (bicyclic) bond motifs is 1. The van der Waals surface area contributed by atoms with Gasteiger partial charge >= 0.3 is 29.6 Å². The van der Waals surface area contributed by atoms with Crippen molar-refractivity contribution in [2.75, 3.05) is 5.32 Å². The van der Waals surface area contributed by atoms with E-state index in [1.807, 2.05) is 0 Å². The van der Waals surface area contributed by atoms with Crippen molar-refractivity contribution in [2.24, 2.45) is 0 Å². The Morgan fingerprint density at radius 2 is 1.47 bits per heavy atom. The number of carbonyl (C=O) groups is 4. The normalized spacial score (nSPS) is 21.4. The van der Waals surface area contributed by atoms with Crippen LogP contribution in [0.4, 0.5) is 10.5 Å². The fourth-order valence-corrected chi connectivity index (χ4v) is 4.56. The zero-order chi connectivity index (χ0) is 31.3. The molecule has 3 aromatic rings. The van der Waals surface area contributed by atoms with Gasteiger partial charge in [-0.15, -0.1) is 0 Å². The van der Waals surface area contributed by atoms with Gasteiger partial charge in [-0.05, 0) is 55.3 Å². The molecular formula is C30H31NO12. The lowest BCUT2D eigenvalue weighted by Crippen LogP contribution is -2.62. The number of hydrogen-bond donors (Lipinski definition) is 1. The Hall–Kier alpha value is -4.91. The maximum Gasteiger partial charge on any atom is 0.411 e. The molecule has 2 heterocycles. The van der Waals surface area contributed by atoms with E-state index in [1.165, 1.54) is 26.8 Å². The molecule has 0 bridgehead atoms. The summed E-state index contributed by atoms with van der Waals surface area (Å²) in [7, 11) is 0. The molecule has 0 saturated carbocycles. The number of hydrogen-bond acceptors (Lipinski definition) is 12. The molecule has 1 saturated heterocycles. The largest absolute Gasteiger partial charge is 0.461 e. The van der Waals surface area contributed by atoms with Crippen molar-refractivity contribution < 1.29 is 52.0 Å². The van der Waals surface area contributed by atoms with Crippen molar-refractivity contribution >= 4 is 40.7 Å². The third-order valence-electron chi connectivity index (χ3n) is 6.37. The lowest BCUT2D eigenvalue weighted by Gasteiger charge is -2.43. The van der Waals surface area contributed by atoms with E-state index in [1.54, 1.807) is 56.3 Å². The number of esters is 3. The van der Waals surface area contributed by atoms with Gasteiger partial charge in [0.1, 0.15) is 17.9 Å². The average molecular weight is 598 g/mol. The van der Waals surface area contributed by atoms with Gasteiger partial charge in [0, 0.05) is 37.9 Å². The number of rotatable bonds is 8. The summed E-state index contributed by atoms with van der Waals surface area (Å²) in [5.41, 5.74) is 1.77. The maximum absolute atomic E-state index is 12.4. The lowest BCUT2D eigenvalue weighted by atomic mass is 9.99. The van der Waals surface area contributed by atoms with Crippen molar-refractivity contribution in [1.82, 2.24) is 0 Å². The first-order valence-electron chi connectivity index (χ1n) is 13.3. The second-order valence-electron chi connectivity index (χ2n) is 9.85. The smallest absolute Gasteiger partial charge is 0.411 e. The Labute approximate surface area is 245 Å². The van der Waals surface area contributed by atoms with E-state index in [9.17, 15) is 24.0 Å². The first-order valence-corrected chi connectivity index (χ1v) is 13.3. The Balaban J connectivity index is 1.39. The number of nitrogens with one attached hydrogen (secondary N) is 1. The molecule has 0 aliphatic carbocycles. The highest BCUT2D eigenvalue weighted by molar-refractivity contribution is 5.90. The van der Waals surface area contributed by atoms with Crippen LogP contribution in [0.15, 0.2) is 57.7 Å². The lowest BCUT2D eigenvalue weighted by molar-refractivity contribution is -0.280. The molecular weight excluding hydrogens is 566 g/mol. The van der Waals surface area contributed by atoms with Crippen molar-refractivity contribution in [1.29, 1.82) is 0 Å². The third kappa shape index (κ3) is 8.10. The number of anilines is 1. The topological polar surface area (TPSA) is 166 Å². The van der Waals surface area contributed by atoms with E-state index in [-0.39, 0.29) is 6.61 Å². The summed E-state index contributed by atoms with van der Waals surface area (Å²) in [4.78, 5) is 59.3. The van der Waals surface area contributed by atoms with Crippen molar-refractivity contribution in [3.05, 3.63) is 70.1 Å². The summed E-state index contributed by atoms with van der Waals surface area (Å²) in [5.74, 6) is -1.68. The molecule has 43 heavy (non-hydrogen) atoms. The number of amides is 1. The van der Waals surface area contributed by atoms with Crippen LogP contribution in [-0.2, 0) is 44.7 Å². The molecule has 1 aromatic heterocycles. The first-order chi connectivity index (χ1) is 20.4. The van der Waals surface area contributed by atoms with Gasteiger partial charge in [-0.2, -0.15) is 0 Å². The summed E-state index contributed by atoms with van der Waals surface area (Å²) in [6.07, 6.45) is -6.15. The van der Waals surface area contributed by atoms with Crippen molar-refractivity contribution in [3.8, 4) is 5.75 Å². The van der Waals surface area contributed by atoms with Gasteiger partial charge in [-0.25, -0.2) is 9.59 Å². The van der Waals surface area contributed by atoms with Gasteiger partial charge in [-0.3, -0.25) is 19.7 Å². The molecule has 0 unspecified atom stereocenters. The second-order valence-corrected chi connectivity index (χ2v) is 9.85. The summed E-state index contributed by atoms with van der Waals surface area (Å²) < 4.78 is 38.3. The van der Waals surface area contributed by atoms with Crippen molar-refractivity contribution in [3.63, 3.8) is 0 Å². The standard InChI is InChI=1S/C30H31NO12/c1-15-12-25(35)43-24-11-8-21(13-23(15)24)31-30(36)37-14-20-6-9-22(10-7-20)42-29-28(41-19(5)34)27(40-18(4)33)26(16(2)38-29)39-17(3)32/h6-13,16,26-29H,14H2,1-5H3,(H,31,36)/t16-,26+,27+,28-,29-/m0/s1. The van der Waals surface area contributed by atoms with Crippen LogP contribution in [0.2, 0.25) is 0 Å². The van der Waals surface area contributed by atoms with Crippen LogP contribution in [0.3, 0.4) is 0 Å². The average Bonchev–Trinajstić information content (AvgIpc) is 2.92. The van der Waals surface area contributed by atoms with E-state index in [0.29, 0.717) is 33.5 Å². The van der Waals surface area contributed by atoms with Gasteiger partial charge in [0.25, 0.3) is 0 Å². The van der Waals surface area contributed by atoms with Gasteiger partial charge in [0.2, 0.25) is 12.4 Å². The Morgan fingerprint density at radius 3 is 2.12 bits per heavy atom. The van der Waals surface area contributed by atoms with Crippen LogP contribution in [0.5, 0.6) is 5.75 Å². The monoisotopic (exact) mass is 597 g/mol. The zero-order valence-corrected chi connectivity index (χ0v) is 24.1. The van der Waals surface area contributed by atoms with Crippen LogP contribution in [-0.4, -0.2) is 54.7 Å². The van der Waals surface area contributed by atoms with E-state index in [4.69, 9.17) is 32.8 Å². The second kappa shape index (κ2) is 13.4. The minimum absolute atomic E-state index is 0.0563. The molecule has 1 N–H and O–H groups in total. The predicted molar refractivity (Wildman–Crippen MR) is 149 cm³/mol. The Morgan fingerprint density at radius 1 is 0.837 bits per heavy atom. The summed E-state index contributed by atoms with van der Waals surface area (Å²) >= 11 is 0. The van der Waals surface area contributed by atoms with Crippen LogP contribution in [0.1, 0.15) is 38.8 Å². The minimum Gasteiger partial charge on any atom is -0.461 e. The molecule has 1 aliphatic rings. The van der Waals surface area contributed by atoms with E-state index in [0.717, 1.165) is 0 Å². The van der Waals surface area contributed by atoms with Crippen LogP contribution >= 0.6 is 0 Å². The molecule has 13 nitrogen and oxygen atoms in total. The molecule has 4 rings (SSSR count). The van der Waals surface area contributed by atoms with Crippen molar-refractivity contribution in [2.45, 2.75) is 71.9 Å². The van der Waals surface area contributed by atoms with Gasteiger partial charge in [-0.1, -0.05) is 12.1 Å². The fraction of sp³-hybridized carbons (Fsp3) is 0.367. The molecule has 13 heteroatoms. The molecule has 1 aliphatic heterocycles. The highest BCUT2D eigenvalue weighted by Crippen LogP contribution is 2.30. The molecule has 2 aromatic carbocycles. The summed E-state index contributed by atoms with van der Waals surface area (Å²) in [5, 5.41) is 3.32. The molecule has 1 amide bonds. The summed E-state index contributed by atoms with van der Waals surface area (Å²) in [6.45, 7) is 6.86. The molecule has 5 atom stereocenters. The first kappa shape index (κ1) is 31.0. The number of ether oxygens (including phenoxy) is 6. The third-order valence-corrected chi connectivity index (χ3v) is 6.37. The molecule has 228 valence electrons. The van der Waals surface area contributed by atoms with Crippen LogP contribution < -0.4 is 15.7 Å². The van der Waals surface area contributed by atoms with E-state index < -0.39 is 60.3 Å². The molecule has 1 fully saturated rings. The van der Waals surface area contributed by atoms with Crippen LogP contribution in [0.25, 0.3) is 11.0 Å². The van der Waals surface area contributed by atoms with Gasteiger partial charge < -0.3 is 32.8 Å². The highest BCUT2D eigenvalue weighted by Gasteiger charge is 2.51. The number of aryl methyl sites for hydroxylation is 1. The van der Waals surface area contributed by atoms with Gasteiger partial charge in [0.15, 0.2) is 12.2 Å². The van der Waals surface area contributed by atoms with E-state index >= 15 is 0 Å². The zero-order valence-electron chi connectivity index (χ0n) is 24.1. The van der Waals surface area contributed by atoms with E-state index in [2.05, 4.69) is 5.32 Å². The quantitative estimate of drug-likeness (QED) is 0.227. The fourth-order valence-electron chi connectivity index (χ4n) is 4.56. The molecule has 0 radical (unpaired) electrons. The Bertz CT molecular complexity index is 1560. The van der Waals surface area contributed by atoms with Crippen LogP contribution in [0, 0.1) is 6.92 Å². The Kier molecular flexibility index (Phi) is 9.66. The number of benzene rings is 2. The predicted octanol–water partition coefficient (Wildman–Crippen LogP) is 3.77. The highest BCUT2D eigenvalue weighted by atomic mass is 16.7. The summed E-state index contributed by atoms with van der Waals surface area (Å²) in [6, 6.07) is 12.7. The molecule has 0 spiro atoms. The SMILES string of the molecule is CC(=O)O[C@H]1[C@H](OC(C)=O)[C@H](Oc2ccc(COC(=O)Nc3ccc4oc(=O)cc(C)c4c3)cc2)O[C@@H](C)[C@H]1OC(C)=O. The maximum atomic E-state index is 12.4. The number of carbonyl (C=O) groups excluding carboxylic acids is 4.